The normalized spacial score (nSPS) is 11.8. The quantitative estimate of drug-likeness (QED) is 0.682. The molecule has 0 spiro atoms. The summed E-state index contributed by atoms with van der Waals surface area (Å²) in [5, 5.41) is 20.5. The lowest BCUT2D eigenvalue weighted by Crippen LogP contribution is -2.17. The molecule has 0 aliphatic carbocycles. The van der Waals surface area contributed by atoms with Crippen LogP contribution in [0.4, 0.5) is 8.78 Å². The van der Waals surface area contributed by atoms with E-state index in [0.717, 1.165) is 17.7 Å². The molecule has 25 heavy (non-hydrogen) atoms. The molecule has 3 rings (SSSR count). The standard InChI is InChI=1S/C17H11F2N5O/c1-10-2-4-14(5-3-10)24-17(21-22-23-24)15(9-20)16(25)11-6-12(18)8-13(19)7-11/h2-8,15H,1H3/t15-/m1/s1. The number of benzene rings is 2. The Labute approximate surface area is 141 Å². The zero-order chi connectivity index (χ0) is 18.0. The van der Waals surface area contributed by atoms with Gasteiger partial charge in [-0.05, 0) is 41.6 Å². The maximum Gasteiger partial charge on any atom is 0.188 e. The first-order chi connectivity index (χ1) is 12.0. The van der Waals surface area contributed by atoms with Crippen LogP contribution in [0.2, 0.25) is 0 Å². The highest BCUT2D eigenvalue weighted by atomic mass is 19.1. The predicted molar refractivity (Wildman–Crippen MR) is 82.9 cm³/mol. The first kappa shape index (κ1) is 16.4. The summed E-state index contributed by atoms with van der Waals surface area (Å²) in [5.74, 6) is -4.03. The summed E-state index contributed by atoms with van der Waals surface area (Å²) in [6.45, 7) is 1.91. The van der Waals surface area contributed by atoms with Gasteiger partial charge in [0, 0.05) is 11.6 Å². The van der Waals surface area contributed by atoms with Gasteiger partial charge in [-0.1, -0.05) is 17.7 Å². The number of halogens is 2. The van der Waals surface area contributed by atoms with Gasteiger partial charge in [-0.3, -0.25) is 4.79 Å². The highest BCUT2D eigenvalue weighted by Crippen LogP contribution is 2.22. The molecule has 1 atom stereocenters. The van der Waals surface area contributed by atoms with E-state index >= 15 is 0 Å². The van der Waals surface area contributed by atoms with E-state index in [4.69, 9.17) is 0 Å². The number of hydrogen-bond donors (Lipinski definition) is 0. The van der Waals surface area contributed by atoms with E-state index in [9.17, 15) is 18.8 Å². The van der Waals surface area contributed by atoms with Crippen LogP contribution in [0.25, 0.3) is 5.69 Å². The molecule has 1 heterocycles. The smallest absolute Gasteiger partial charge is 0.188 e. The van der Waals surface area contributed by atoms with Gasteiger partial charge in [0.15, 0.2) is 17.5 Å². The number of carbonyl (C=O) groups is 1. The maximum absolute atomic E-state index is 13.4. The van der Waals surface area contributed by atoms with Crippen LogP contribution in [0, 0.1) is 29.9 Å². The summed E-state index contributed by atoms with van der Waals surface area (Å²) in [6, 6.07) is 11.3. The summed E-state index contributed by atoms with van der Waals surface area (Å²) in [6.07, 6.45) is 0. The van der Waals surface area contributed by atoms with Crippen molar-refractivity contribution in [1.29, 1.82) is 5.26 Å². The second-order valence-electron chi connectivity index (χ2n) is 5.37. The molecule has 0 N–H and O–H groups in total. The lowest BCUT2D eigenvalue weighted by atomic mass is 9.97. The van der Waals surface area contributed by atoms with Crippen molar-refractivity contribution in [2.24, 2.45) is 0 Å². The Kier molecular flexibility index (Phi) is 4.31. The van der Waals surface area contributed by atoms with Crippen molar-refractivity contribution in [2.75, 3.05) is 0 Å². The first-order valence-corrected chi connectivity index (χ1v) is 7.25. The van der Waals surface area contributed by atoms with Gasteiger partial charge in [0.05, 0.1) is 11.8 Å². The molecular weight excluding hydrogens is 328 g/mol. The second kappa shape index (κ2) is 6.57. The Morgan fingerprint density at radius 2 is 1.80 bits per heavy atom. The molecule has 0 saturated carbocycles. The van der Waals surface area contributed by atoms with Crippen LogP contribution >= 0.6 is 0 Å². The number of carbonyl (C=O) groups excluding carboxylic acids is 1. The van der Waals surface area contributed by atoms with Gasteiger partial charge >= 0.3 is 0 Å². The summed E-state index contributed by atoms with van der Waals surface area (Å²) in [5.41, 5.74) is 1.31. The number of tetrazole rings is 1. The third-order valence-corrected chi connectivity index (χ3v) is 3.57. The van der Waals surface area contributed by atoms with E-state index < -0.39 is 23.3 Å². The van der Waals surface area contributed by atoms with Crippen molar-refractivity contribution in [1.82, 2.24) is 20.2 Å². The summed E-state index contributed by atoms with van der Waals surface area (Å²) in [4.78, 5) is 12.6. The first-order valence-electron chi connectivity index (χ1n) is 7.25. The Morgan fingerprint density at radius 1 is 1.16 bits per heavy atom. The van der Waals surface area contributed by atoms with Gasteiger partial charge in [0.2, 0.25) is 0 Å². The van der Waals surface area contributed by atoms with Crippen molar-refractivity contribution in [3.8, 4) is 11.8 Å². The minimum Gasteiger partial charge on any atom is -0.292 e. The van der Waals surface area contributed by atoms with E-state index in [1.54, 1.807) is 18.2 Å². The van der Waals surface area contributed by atoms with Crippen molar-refractivity contribution in [3.63, 3.8) is 0 Å². The van der Waals surface area contributed by atoms with E-state index in [1.807, 2.05) is 19.1 Å². The van der Waals surface area contributed by atoms with Crippen LogP contribution in [0.3, 0.4) is 0 Å². The lowest BCUT2D eigenvalue weighted by molar-refractivity contribution is 0.0974. The van der Waals surface area contributed by atoms with E-state index in [0.29, 0.717) is 11.8 Å². The molecular formula is C17H11F2N5O. The summed E-state index contributed by atoms with van der Waals surface area (Å²) in [7, 11) is 0. The van der Waals surface area contributed by atoms with Crippen LogP contribution in [-0.2, 0) is 0 Å². The molecule has 0 saturated heterocycles. The number of nitrogens with zero attached hydrogens (tertiary/aromatic N) is 5. The minimum atomic E-state index is -1.41. The SMILES string of the molecule is Cc1ccc(-n2nnnc2[C@H](C#N)C(=O)c2cc(F)cc(F)c2)cc1. The molecule has 0 aliphatic rings. The zero-order valence-electron chi connectivity index (χ0n) is 13.0. The zero-order valence-corrected chi connectivity index (χ0v) is 13.0. The number of aryl methyl sites for hydroxylation is 1. The highest BCUT2D eigenvalue weighted by Gasteiger charge is 2.29. The van der Waals surface area contributed by atoms with Crippen LogP contribution in [0.15, 0.2) is 42.5 Å². The van der Waals surface area contributed by atoms with Gasteiger partial charge in [-0.15, -0.1) is 5.10 Å². The fourth-order valence-corrected chi connectivity index (χ4v) is 2.34. The number of ketones is 1. The van der Waals surface area contributed by atoms with Crippen molar-refractivity contribution < 1.29 is 13.6 Å². The molecule has 124 valence electrons. The molecule has 1 aromatic heterocycles. The second-order valence-corrected chi connectivity index (χ2v) is 5.37. The summed E-state index contributed by atoms with van der Waals surface area (Å²) < 4.78 is 28.0. The number of aromatic nitrogens is 4. The average Bonchev–Trinajstić information content (AvgIpc) is 3.04. The van der Waals surface area contributed by atoms with Gasteiger partial charge < -0.3 is 0 Å². The van der Waals surface area contributed by atoms with Crippen LogP contribution in [0.5, 0.6) is 0 Å². The fourth-order valence-electron chi connectivity index (χ4n) is 2.34. The molecule has 0 radical (unpaired) electrons. The molecule has 2 aromatic carbocycles. The summed E-state index contributed by atoms with van der Waals surface area (Å²) >= 11 is 0. The number of rotatable bonds is 4. The topological polar surface area (TPSA) is 84.5 Å². The van der Waals surface area contributed by atoms with Crippen molar-refractivity contribution in [3.05, 3.63) is 71.1 Å². The minimum absolute atomic E-state index is 0.0268. The number of hydrogen-bond acceptors (Lipinski definition) is 5. The molecule has 6 nitrogen and oxygen atoms in total. The molecule has 0 fully saturated rings. The van der Waals surface area contributed by atoms with Gasteiger partial charge in [-0.25, -0.2) is 8.78 Å². The monoisotopic (exact) mass is 339 g/mol. The number of nitriles is 1. The van der Waals surface area contributed by atoms with Gasteiger partial charge in [-0.2, -0.15) is 9.94 Å². The Morgan fingerprint density at radius 3 is 2.40 bits per heavy atom. The van der Waals surface area contributed by atoms with Crippen molar-refractivity contribution in [2.45, 2.75) is 12.8 Å². The third kappa shape index (κ3) is 3.26. The van der Waals surface area contributed by atoms with Crippen LogP contribution in [0.1, 0.15) is 27.7 Å². The van der Waals surface area contributed by atoms with E-state index in [-0.39, 0.29) is 11.4 Å². The maximum atomic E-state index is 13.4. The molecule has 0 amide bonds. The molecule has 0 aliphatic heterocycles. The Hall–Kier alpha value is -3.47. The molecule has 8 heteroatoms. The Bertz CT molecular complexity index is 955. The Balaban J connectivity index is 2.02. The predicted octanol–water partition coefficient (Wildman–Crippen LogP) is 2.74. The molecule has 0 bridgehead atoms. The van der Waals surface area contributed by atoms with Gasteiger partial charge in [0.1, 0.15) is 11.6 Å². The molecule has 0 unspecified atom stereocenters. The molecule has 3 aromatic rings. The largest absolute Gasteiger partial charge is 0.292 e. The van der Waals surface area contributed by atoms with E-state index in [2.05, 4.69) is 15.5 Å². The van der Waals surface area contributed by atoms with Crippen LogP contribution in [-0.4, -0.2) is 26.0 Å². The third-order valence-electron chi connectivity index (χ3n) is 3.57. The lowest BCUT2D eigenvalue weighted by Gasteiger charge is -2.09. The van der Waals surface area contributed by atoms with Crippen LogP contribution < -0.4 is 0 Å². The fraction of sp³-hybridized carbons (Fsp3) is 0.118. The highest BCUT2D eigenvalue weighted by molar-refractivity contribution is 6.02. The van der Waals surface area contributed by atoms with Crippen molar-refractivity contribution >= 4 is 5.78 Å². The average molecular weight is 339 g/mol. The van der Waals surface area contributed by atoms with E-state index in [1.165, 1.54) is 4.68 Å². The van der Waals surface area contributed by atoms with Gasteiger partial charge in [0.25, 0.3) is 0 Å². The number of Topliss-reactive ketones (excluding diaryl/α,β-unsaturated/α-hetero) is 1.